The Morgan fingerprint density at radius 2 is 1.81 bits per heavy atom. The predicted molar refractivity (Wildman–Crippen MR) is 124 cm³/mol. The van der Waals surface area contributed by atoms with Crippen LogP contribution in [0.3, 0.4) is 0 Å². The average molecular weight is 426 g/mol. The Hall–Kier alpha value is -2.18. The minimum atomic E-state index is -0.701. The van der Waals surface area contributed by atoms with Gasteiger partial charge in [0.1, 0.15) is 0 Å². The number of allylic oxidation sites excluding steroid dienone is 2. The van der Waals surface area contributed by atoms with E-state index in [0.29, 0.717) is 0 Å². The summed E-state index contributed by atoms with van der Waals surface area (Å²) < 4.78 is 5.46. The first-order chi connectivity index (χ1) is 15.0. The molecule has 31 heavy (non-hydrogen) atoms. The molecule has 2 N–H and O–H groups in total. The van der Waals surface area contributed by atoms with Gasteiger partial charge >= 0.3 is 5.97 Å². The topological polar surface area (TPSA) is 74.2 Å². The van der Waals surface area contributed by atoms with E-state index in [-0.39, 0.29) is 6.17 Å². The lowest BCUT2D eigenvalue weighted by molar-refractivity contribution is -0.143. The summed E-state index contributed by atoms with van der Waals surface area (Å²) in [6.07, 6.45) is 6.85. The normalized spacial score (nSPS) is 25.5. The Bertz CT molecular complexity index is 847. The maximum Gasteiger partial charge on any atom is 0.314 e. The fraction of sp³-hybridized carbons (Fsp3) is 0.600. The largest absolute Gasteiger partial charge is 0.481 e. The molecule has 1 aromatic rings. The van der Waals surface area contributed by atoms with Crippen LogP contribution in [0.5, 0.6) is 0 Å². The molecule has 1 unspecified atom stereocenters. The van der Waals surface area contributed by atoms with Crippen LogP contribution in [0.2, 0.25) is 0 Å². The third-order valence-corrected chi connectivity index (χ3v) is 7.19. The van der Waals surface area contributed by atoms with E-state index < -0.39 is 11.4 Å². The molecular formula is C25H35N3O3. The zero-order chi connectivity index (χ0) is 21.8. The minimum absolute atomic E-state index is 0.178. The lowest BCUT2D eigenvalue weighted by Crippen LogP contribution is -2.41. The standard InChI is InChI=1S/C25H35N3O3/c1-18(22-6-5-7-23(22)27-19(2)28-14-16-31-17-15-28)26-21-10-8-20(9-11-21)25(24(29)30)12-3-4-13-25/h8-11,19,26H,3-7,12-17H2,1-2H3,(H,29,30)/b22-18+,27-23-. The molecule has 6 nitrogen and oxygen atoms in total. The number of carboxylic acid groups (broad SMARTS) is 1. The predicted octanol–water partition coefficient (Wildman–Crippen LogP) is 4.57. The third-order valence-electron chi connectivity index (χ3n) is 7.19. The van der Waals surface area contributed by atoms with Crippen LogP contribution in [0.15, 0.2) is 40.5 Å². The summed E-state index contributed by atoms with van der Waals surface area (Å²) in [6.45, 7) is 7.77. The van der Waals surface area contributed by atoms with Crippen molar-refractivity contribution < 1.29 is 14.6 Å². The molecule has 0 amide bonds. The summed E-state index contributed by atoms with van der Waals surface area (Å²) in [4.78, 5) is 19.4. The number of anilines is 1. The van der Waals surface area contributed by atoms with Crippen molar-refractivity contribution in [2.45, 2.75) is 70.4 Å². The number of nitrogens with one attached hydrogen (secondary N) is 1. The first-order valence-electron chi connectivity index (χ1n) is 11.7. The van der Waals surface area contributed by atoms with Crippen molar-refractivity contribution in [2.24, 2.45) is 4.99 Å². The van der Waals surface area contributed by atoms with Crippen molar-refractivity contribution in [3.05, 3.63) is 41.1 Å². The van der Waals surface area contributed by atoms with Crippen molar-refractivity contribution in [3.8, 4) is 0 Å². The van der Waals surface area contributed by atoms with Gasteiger partial charge in [0.2, 0.25) is 0 Å². The minimum Gasteiger partial charge on any atom is -0.481 e. The van der Waals surface area contributed by atoms with Gasteiger partial charge in [-0.05, 0) is 69.2 Å². The van der Waals surface area contributed by atoms with Gasteiger partial charge in [-0.25, -0.2) is 0 Å². The van der Waals surface area contributed by atoms with Gasteiger partial charge in [-0.3, -0.25) is 14.7 Å². The van der Waals surface area contributed by atoms with Gasteiger partial charge in [-0.2, -0.15) is 0 Å². The fourth-order valence-electron chi connectivity index (χ4n) is 5.30. The van der Waals surface area contributed by atoms with Crippen LogP contribution in [0, 0.1) is 0 Å². The van der Waals surface area contributed by atoms with E-state index >= 15 is 0 Å². The number of ether oxygens (including phenoxy) is 1. The van der Waals surface area contributed by atoms with Crippen LogP contribution in [0.4, 0.5) is 5.69 Å². The van der Waals surface area contributed by atoms with Gasteiger partial charge in [0, 0.05) is 30.2 Å². The lowest BCUT2D eigenvalue weighted by atomic mass is 9.79. The highest BCUT2D eigenvalue weighted by Gasteiger charge is 2.42. The van der Waals surface area contributed by atoms with E-state index in [1.807, 2.05) is 24.3 Å². The van der Waals surface area contributed by atoms with Gasteiger partial charge in [-0.1, -0.05) is 25.0 Å². The number of rotatable bonds is 6. The van der Waals surface area contributed by atoms with Crippen molar-refractivity contribution in [1.82, 2.24) is 4.90 Å². The molecule has 2 aliphatic carbocycles. The van der Waals surface area contributed by atoms with Gasteiger partial charge in [0.05, 0.1) is 24.8 Å². The highest BCUT2D eigenvalue weighted by Crippen LogP contribution is 2.41. The molecule has 6 heteroatoms. The number of morpholine rings is 1. The summed E-state index contributed by atoms with van der Waals surface area (Å²) in [5.74, 6) is -0.690. The second-order valence-corrected chi connectivity index (χ2v) is 9.11. The van der Waals surface area contributed by atoms with E-state index in [9.17, 15) is 9.90 Å². The molecule has 1 saturated heterocycles. The molecule has 1 aliphatic heterocycles. The molecular weight excluding hydrogens is 390 g/mol. The molecule has 4 rings (SSSR count). The summed E-state index contributed by atoms with van der Waals surface area (Å²) in [6, 6.07) is 8.02. The first-order valence-corrected chi connectivity index (χ1v) is 11.7. The van der Waals surface area contributed by atoms with Gasteiger partial charge in [-0.15, -0.1) is 0 Å². The van der Waals surface area contributed by atoms with Crippen molar-refractivity contribution >= 4 is 17.4 Å². The van der Waals surface area contributed by atoms with Gasteiger partial charge in [0.25, 0.3) is 0 Å². The Kier molecular flexibility index (Phi) is 6.77. The number of hydrogen-bond donors (Lipinski definition) is 2. The Morgan fingerprint density at radius 1 is 1.13 bits per heavy atom. The fourth-order valence-corrected chi connectivity index (χ4v) is 5.30. The third kappa shape index (κ3) is 4.70. The Morgan fingerprint density at radius 3 is 2.45 bits per heavy atom. The summed E-state index contributed by atoms with van der Waals surface area (Å²) in [5, 5.41) is 13.4. The number of aliphatic imine (C=N–C) groups is 1. The zero-order valence-electron chi connectivity index (χ0n) is 18.8. The average Bonchev–Trinajstić information content (AvgIpc) is 3.45. The van der Waals surface area contributed by atoms with E-state index in [1.165, 1.54) is 11.3 Å². The smallest absolute Gasteiger partial charge is 0.314 e. The maximum atomic E-state index is 12.0. The quantitative estimate of drug-likeness (QED) is 0.698. The molecule has 168 valence electrons. The molecule has 0 aromatic heterocycles. The SMILES string of the molecule is C/C(Nc1ccc(C2(C(=O)O)CCCC2)cc1)=C1/CCC/C1=N/C(C)N1CCOCC1. The molecule has 0 bridgehead atoms. The van der Waals surface area contributed by atoms with Gasteiger partial charge in [0.15, 0.2) is 0 Å². The summed E-state index contributed by atoms with van der Waals surface area (Å²) in [7, 11) is 0. The van der Waals surface area contributed by atoms with E-state index in [4.69, 9.17) is 9.73 Å². The highest BCUT2D eigenvalue weighted by molar-refractivity contribution is 6.03. The number of carbonyl (C=O) groups is 1. The Balaban J connectivity index is 1.48. The first kappa shape index (κ1) is 22.0. The van der Waals surface area contributed by atoms with Crippen LogP contribution < -0.4 is 5.32 Å². The lowest BCUT2D eigenvalue weighted by Gasteiger charge is -2.30. The maximum absolute atomic E-state index is 12.0. The number of benzene rings is 1. The molecule has 1 aromatic carbocycles. The van der Waals surface area contributed by atoms with Crippen molar-refractivity contribution in [2.75, 3.05) is 31.6 Å². The summed E-state index contributed by atoms with van der Waals surface area (Å²) in [5.41, 5.74) is 4.91. The van der Waals surface area contributed by atoms with E-state index in [2.05, 4.69) is 24.1 Å². The number of nitrogens with zero attached hydrogens (tertiary/aromatic N) is 2. The molecule has 0 radical (unpaired) electrons. The van der Waals surface area contributed by atoms with Crippen molar-refractivity contribution in [3.63, 3.8) is 0 Å². The second kappa shape index (κ2) is 9.53. The molecule has 1 heterocycles. The van der Waals surface area contributed by atoms with Crippen LogP contribution in [0.25, 0.3) is 0 Å². The van der Waals surface area contributed by atoms with Crippen LogP contribution >= 0.6 is 0 Å². The monoisotopic (exact) mass is 425 g/mol. The van der Waals surface area contributed by atoms with Crippen LogP contribution in [-0.2, 0) is 14.9 Å². The number of aliphatic carboxylic acids is 1. The van der Waals surface area contributed by atoms with Crippen LogP contribution in [-0.4, -0.2) is 54.2 Å². The zero-order valence-corrected chi connectivity index (χ0v) is 18.8. The van der Waals surface area contributed by atoms with Crippen molar-refractivity contribution in [1.29, 1.82) is 0 Å². The molecule has 2 saturated carbocycles. The van der Waals surface area contributed by atoms with E-state index in [0.717, 1.165) is 88.2 Å². The molecule has 0 spiro atoms. The molecule has 1 atom stereocenters. The summed E-state index contributed by atoms with van der Waals surface area (Å²) >= 11 is 0. The molecule has 3 fully saturated rings. The van der Waals surface area contributed by atoms with Crippen LogP contribution in [0.1, 0.15) is 64.4 Å². The number of carboxylic acids is 1. The second-order valence-electron chi connectivity index (χ2n) is 9.11. The van der Waals surface area contributed by atoms with E-state index in [1.54, 1.807) is 0 Å². The molecule has 3 aliphatic rings. The van der Waals surface area contributed by atoms with Gasteiger partial charge < -0.3 is 15.2 Å². The Labute approximate surface area is 185 Å². The highest BCUT2D eigenvalue weighted by atomic mass is 16.5. The number of hydrogen-bond acceptors (Lipinski definition) is 5.